The van der Waals surface area contributed by atoms with Gasteiger partial charge in [-0.15, -0.1) is 0 Å². The summed E-state index contributed by atoms with van der Waals surface area (Å²) in [5.41, 5.74) is 4.49. The first-order chi connectivity index (χ1) is 15.7. The molecule has 32 heavy (non-hydrogen) atoms. The highest BCUT2D eigenvalue weighted by atomic mass is 35.5. The zero-order valence-electron chi connectivity index (χ0n) is 16.9. The number of furan rings is 1. The van der Waals surface area contributed by atoms with Crippen LogP contribution in [0.15, 0.2) is 108 Å². The molecule has 2 nitrogen and oxygen atoms in total. The fraction of sp³-hybridized carbons (Fsp3) is 0. The molecule has 0 unspecified atom stereocenters. The molecule has 5 aromatic carbocycles. The molecule has 1 aromatic heterocycles. The minimum atomic E-state index is 0.507. The lowest BCUT2D eigenvalue weighted by atomic mass is 10.0. The molecule has 154 valence electrons. The van der Waals surface area contributed by atoms with Gasteiger partial charge in [0.15, 0.2) is 0 Å². The summed E-state index contributed by atoms with van der Waals surface area (Å²) in [4.78, 5) is 2.16. The molecule has 6 aromatic rings. The summed E-state index contributed by atoms with van der Waals surface area (Å²) < 4.78 is 6.40. The van der Waals surface area contributed by atoms with Gasteiger partial charge in [-0.2, -0.15) is 0 Å². The summed E-state index contributed by atoms with van der Waals surface area (Å²) in [7, 11) is 0. The van der Waals surface area contributed by atoms with Crippen LogP contribution in [-0.2, 0) is 0 Å². The molecule has 1 heterocycles. The Kier molecular flexibility index (Phi) is 4.57. The number of hydrogen-bond donors (Lipinski definition) is 0. The SMILES string of the molecule is Clc1cccc(N(c2ccccc2)c2cc3ccccc3c3oc4ccccc4c23)c1Cl. The summed E-state index contributed by atoms with van der Waals surface area (Å²) in [5.74, 6) is 0. The second-order valence-electron chi connectivity index (χ2n) is 7.66. The zero-order chi connectivity index (χ0) is 21.7. The molecular formula is C28H17Cl2NO. The van der Waals surface area contributed by atoms with E-state index in [0.717, 1.165) is 49.8 Å². The van der Waals surface area contributed by atoms with Crippen LogP contribution in [0.25, 0.3) is 32.7 Å². The van der Waals surface area contributed by atoms with Crippen LogP contribution >= 0.6 is 23.2 Å². The Morgan fingerprint density at radius 3 is 2.19 bits per heavy atom. The largest absolute Gasteiger partial charge is 0.455 e. The lowest BCUT2D eigenvalue weighted by Crippen LogP contribution is -2.11. The summed E-state index contributed by atoms with van der Waals surface area (Å²) in [6.45, 7) is 0. The molecule has 0 amide bonds. The molecule has 0 bridgehead atoms. The lowest BCUT2D eigenvalue weighted by Gasteiger charge is -2.27. The minimum Gasteiger partial charge on any atom is -0.455 e. The number of benzene rings is 5. The Hall–Kier alpha value is -3.46. The Balaban J connectivity index is 1.80. The highest BCUT2D eigenvalue weighted by Crippen LogP contribution is 2.48. The number of fused-ring (bicyclic) bond motifs is 5. The first-order valence-electron chi connectivity index (χ1n) is 10.3. The number of halogens is 2. The molecule has 0 radical (unpaired) electrons. The normalized spacial score (nSPS) is 11.4. The van der Waals surface area contributed by atoms with E-state index in [1.165, 1.54) is 0 Å². The summed E-state index contributed by atoms with van der Waals surface area (Å²) in [6, 6.07) is 34.5. The smallest absolute Gasteiger partial charge is 0.145 e. The van der Waals surface area contributed by atoms with Gasteiger partial charge >= 0.3 is 0 Å². The number of nitrogens with zero attached hydrogens (tertiary/aromatic N) is 1. The van der Waals surface area contributed by atoms with Crippen LogP contribution in [-0.4, -0.2) is 0 Å². The number of hydrogen-bond acceptors (Lipinski definition) is 2. The maximum atomic E-state index is 6.75. The minimum absolute atomic E-state index is 0.507. The first-order valence-corrected chi connectivity index (χ1v) is 11.1. The van der Waals surface area contributed by atoms with Crippen molar-refractivity contribution in [2.45, 2.75) is 0 Å². The van der Waals surface area contributed by atoms with Gasteiger partial charge < -0.3 is 9.32 Å². The van der Waals surface area contributed by atoms with E-state index in [4.69, 9.17) is 27.6 Å². The fourth-order valence-electron chi connectivity index (χ4n) is 4.37. The van der Waals surface area contributed by atoms with Crippen LogP contribution < -0.4 is 4.90 Å². The average molecular weight is 454 g/mol. The maximum Gasteiger partial charge on any atom is 0.145 e. The van der Waals surface area contributed by atoms with Crippen molar-refractivity contribution in [1.29, 1.82) is 0 Å². The quantitative estimate of drug-likeness (QED) is 0.265. The third-order valence-corrected chi connectivity index (χ3v) is 6.59. The highest BCUT2D eigenvalue weighted by molar-refractivity contribution is 6.44. The lowest BCUT2D eigenvalue weighted by molar-refractivity contribution is 0.672. The summed E-state index contributed by atoms with van der Waals surface area (Å²) in [6.07, 6.45) is 0. The van der Waals surface area contributed by atoms with Gasteiger partial charge in [0.05, 0.1) is 26.8 Å². The third-order valence-electron chi connectivity index (χ3n) is 5.78. The number of para-hydroxylation sites is 2. The predicted octanol–water partition coefficient (Wildman–Crippen LogP) is 9.52. The van der Waals surface area contributed by atoms with Gasteiger partial charge in [-0.3, -0.25) is 0 Å². The van der Waals surface area contributed by atoms with Crippen LogP contribution in [0.1, 0.15) is 0 Å². The van der Waals surface area contributed by atoms with Crippen molar-refractivity contribution in [3.63, 3.8) is 0 Å². The molecule has 0 saturated carbocycles. The molecule has 4 heteroatoms. The average Bonchev–Trinajstić information content (AvgIpc) is 3.23. The Bertz CT molecular complexity index is 1600. The Labute approximate surface area is 195 Å². The molecule has 0 saturated heterocycles. The van der Waals surface area contributed by atoms with Crippen LogP contribution in [0.2, 0.25) is 10.0 Å². The van der Waals surface area contributed by atoms with Gasteiger partial charge in [0, 0.05) is 16.5 Å². The van der Waals surface area contributed by atoms with Gasteiger partial charge in [-0.05, 0) is 41.8 Å². The summed E-state index contributed by atoms with van der Waals surface area (Å²) >= 11 is 13.2. The molecular weight excluding hydrogens is 437 g/mol. The van der Waals surface area contributed by atoms with E-state index in [1.807, 2.05) is 60.7 Å². The van der Waals surface area contributed by atoms with E-state index < -0.39 is 0 Å². The van der Waals surface area contributed by atoms with Gasteiger partial charge in [0.1, 0.15) is 11.2 Å². The van der Waals surface area contributed by atoms with Crippen molar-refractivity contribution in [1.82, 2.24) is 0 Å². The van der Waals surface area contributed by atoms with Crippen LogP contribution in [0, 0.1) is 0 Å². The van der Waals surface area contributed by atoms with Crippen LogP contribution in [0.5, 0.6) is 0 Å². The van der Waals surface area contributed by atoms with Gasteiger partial charge in [0.2, 0.25) is 0 Å². The summed E-state index contributed by atoms with van der Waals surface area (Å²) in [5, 5.41) is 5.29. The number of rotatable bonds is 3. The molecule has 0 aliphatic heterocycles. The Morgan fingerprint density at radius 1 is 0.625 bits per heavy atom. The highest BCUT2D eigenvalue weighted by Gasteiger charge is 2.23. The topological polar surface area (TPSA) is 16.4 Å². The van der Waals surface area contributed by atoms with Crippen molar-refractivity contribution < 1.29 is 4.42 Å². The molecule has 0 spiro atoms. The molecule has 0 fully saturated rings. The molecule has 0 aliphatic rings. The first kappa shape index (κ1) is 19.2. The van der Waals surface area contributed by atoms with Crippen LogP contribution in [0.4, 0.5) is 17.1 Å². The van der Waals surface area contributed by atoms with Crippen molar-refractivity contribution in [2.75, 3.05) is 4.90 Å². The van der Waals surface area contributed by atoms with E-state index in [1.54, 1.807) is 6.07 Å². The molecule has 0 aliphatic carbocycles. The number of anilines is 3. The Morgan fingerprint density at radius 2 is 1.34 bits per heavy atom. The van der Waals surface area contributed by atoms with E-state index >= 15 is 0 Å². The maximum absolute atomic E-state index is 6.75. The second-order valence-corrected chi connectivity index (χ2v) is 8.45. The van der Waals surface area contributed by atoms with Crippen molar-refractivity contribution in [3.05, 3.63) is 113 Å². The van der Waals surface area contributed by atoms with E-state index in [-0.39, 0.29) is 0 Å². The standard InChI is InChI=1S/C28H17Cl2NO/c29-22-14-8-15-23(27(22)30)31(19-10-2-1-3-11-19)24-17-18-9-4-5-12-20(18)28-26(24)21-13-6-7-16-25(21)32-28/h1-17H. The third kappa shape index (κ3) is 2.96. The van der Waals surface area contributed by atoms with Gasteiger partial charge in [0.25, 0.3) is 0 Å². The molecule has 0 atom stereocenters. The second kappa shape index (κ2) is 7.59. The monoisotopic (exact) mass is 453 g/mol. The zero-order valence-corrected chi connectivity index (χ0v) is 18.4. The fourth-order valence-corrected chi connectivity index (χ4v) is 4.75. The molecule has 6 rings (SSSR count). The van der Waals surface area contributed by atoms with Crippen LogP contribution in [0.3, 0.4) is 0 Å². The van der Waals surface area contributed by atoms with E-state index in [0.29, 0.717) is 10.0 Å². The van der Waals surface area contributed by atoms with Gasteiger partial charge in [-0.1, -0.05) is 89.9 Å². The predicted molar refractivity (Wildman–Crippen MR) is 136 cm³/mol. The van der Waals surface area contributed by atoms with Crippen molar-refractivity contribution in [2.24, 2.45) is 0 Å². The van der Waals surface area contributed by atoms with Crippen molar-refractivity contribution >= 4 is 73.0 Å². The molecule has 0 N–H and O–H groups in total. The van der Waals surface area contributed by atoms with Gasteiger partial charge in [-0.25, -0.2) is 0 Å². The van der Waals surface area contributed by atoms with E-state index in [9.17, 15) is 0 Å². The van der Waals surface area contributed by atoms with E-state index in [2.05, 4.69) is 41.3 Å². The van der Waals surface area contributed by atoms with Crippen molar-refractivity contribution in [3.8, 4) is 0 Å².